The summed E-state index contributed by atoms with van der Waals surface area (Å²) in [6, 6.07) is 5.53. The Kier molecular flexibility index (Phi) is 3.12. The molecule has 4 atom stereocenters. The molecule has 4 fully saturated rings. The van der Waals surface area contributed by atoms with Crippen molar-refractivity contribution in [2.45, 2.75) is 56.2 Å². The monoisotopic (exact) mass is 342 g/mol. The van der Waals surface area contributed by atoms with E-state index < -0.39 is 5.60 Å². The first-order valence-corrected chi connectivity index (χ1v) is 9.21. The Balaban J connectivity index is 1.35. The van der Waals surface area contributed by atoms with Gasteiger partial charge in [-0.15, -0.1) is 0 Å². The van der Waals surface area contributed by atoms with Crippen molar-refractivity contribution in [2.75, 3.05) is 0 Å². The van der Waals surface area contributed by atoms with Crippen LogP contribution in [0.4, 0.5) is 4.39 Å². The highest BCUT2D eigenvalue weighted by Gasteiger charge is 2.60. The molecule has 0 spiro atoms. The predicted molar refractivity (Wildman–Crippen MR) is 92.5 cm³/mol. The number of nitrogens with zero attached hydrogens (tertiary/aromatic N) is 2. The number of hydrogen-bond acceptors (Lipinski definition) is 2. The summed E-state index contributed by atoms with van der Waals surface area (Å²) in [6.45, 7) is 0. The zero-order valence-electron chi connectivity index (χ0n) is 14.4. The first-order valence-electron chi connectivity index (χ1n) is 9.21. The van der Waals surface area contributed by atoms with E-state index in [9.17, 15) is 14.3 Å². The van der Waals surface area contributed by atoms with E-state index in [-0.39, 0.29) is 23.8 Å². The second kappa shape index (κ2) is 5.07. The van der Waals surface area contributed by atoms with Gasteiger partial charge in [0.2, 0.25) is 5.91 Å². The molecule has 4 bridgehead atoms. The van der Waals surface area contributed by atoms with E-state index in [1.165, 1.54) is 6.07 Å². The molecule has 5 heteroatoms. The Morgan fingerprint density at radius 3 is 3.00 bits per heavy atom. The van der Waals surface area contributed by atoms with Crippen LogP contribution in [0, 0.1) is 11.7 Å². The lowest BCUT2D eigenvalue weighted by Crippen LogP contribution is -2.50. The zero-order chi connectivity index (χ0) is 17.3. The van der Waals surface area contributed by atoms with Gasteiger partial charge in [0.1, 0.15) is 5.82 Å². The second-order valence-electron chi connectivity index (χ2n) is 8.25. The number of fused-ring (bicyclic) bond motifs is 1. The first-order chi connectivity index (χ1) is 12.0. The number of piperidine rings is 1. The molecule has 2 saturated carbocycles. The van der Waals surface area contributed by atoms with Crippen molar-refractivity contribution in [2.24, 2.45) is 13.0 Å². The van der Waals surface area contributed by atoms with Crippen LogP contribution in [0.2, 0.25) is 0 Å². The fourth-order valence-electron chi connectivity index (χ4n) is 5.79. The van der Waals surface area contributed by atoms with E-state index in [1.807, 2.05) is 28.8 Å². The van der Waals surface area contributed by atoms with Crippen molar-refractivity contribution in [3.8, 4) is 0 Å². The summed E-state index contributed by atoms with van der Waals surface area (Å²) in [7, 11) is 1.91. The fraction of sp³-hybridized carbons (Fsp3) is 0.550. The molecular weight excluding hydrogens is 319 g/mol. The Hall–Kier alpha value is -1.88. The van der Waals surface area contributed by atoms with Crippen molar-refractivity contribution < 1.29 is 14.3 Å². The molecule has 0 radical (unpaired) electrons. The molecule has 4 nitrogen and oxygen atoms in total. The van der Waals surface area contributed by atoms with Gasteiger partial charge in [-0.1, -0.05) is 6.07 Å². The lowest BCUT2D eigenvalue weighted by atomic mass is 9.83. The van der Waals surface area contributed by atoms with E-state index in [0.29, 0.717) is 24.1 Å². The molecule has 3 heterocycles. The SMILES string of the molecule is Cn1cc(CCC(=O)N2C3CC4CC(O)(C3)CC42)c2c(F)cccc21. The van der Waals surface area contributed by atoms with Crippen LogP contribution >= 0.6 is 0 Å². The van der Waals surface area contributed by atoms with Crippen LogP contribution in [-0.2, 0) is 18.3 Å². The van der Waals surface area contributed by atoms with Crippen LogP contribution in [0.1, 0.15) is 37.7 Å². The molecule has 4 unspecified atom stereocenters. The average Bonchev–Trinajstić information content (AvgIpc) is 3.09. The van der Waals surface area contributed by atoms with Crippen molar-refractivity contribution >= 4 is 16.8 Å². The number of aliphatic hydroxyl groups is 1. The minimum absolute atomic E-state index is 0.162. The summed E-state index contributed by atoms with van der Waals surface area (Å²) in [5.74, 6) is 0.416. The van der Waals surface area contributed by atoms with Crippen LogP contribution in [-0.4, -0.2) is 38.2 Å². The molecular formula is C20H23FN2O2. The molecule has 132 valence electrons. The molecule has 6 rings (SSSR count). The molecule has 2 saturated heterocycles. The molecule has 1 N–H and O–H groups in total. The average molecular weight is 342 g/mol. The zero-order valence-corrected chi connectivity index (χ0v) is 14.4. The summed E-state index contributed by atoms with van der Waals surface area (Å²) in [5, 5.41) is 11.1. The Morgan fingerprint density at radius 1 is 1.36 bits per heavy atom. The maximum Gasteiger partial charge on any atom is 0.223 e. The quantitative estimate of drug-likeness (QED) is 0.932. The Bertz CT molecular complexity index is 872. The number of carbonyl (C=O) groups excluding carboxylic acids is 1. The standard InChI is InChI=1S/C20H23FN2O2/c1-22-11-12(19-15(21)3-2-4-16(19)22)5-6-18(24)23-14-7-13-8-20(25,9-14)10-17(13)23/h2-4,11,13-14,17,25H,5-10H2,1H3. The van der Waals surface area contributed by atoms with Gasteiger partial charge in [-0.05, 0) is 55.7 Å². The third-order valence-corrected chi connectivity index (χ3v) is 6.65. The number of aryl methyl sites for hydroxylation is 2. The summed E-state index contributed by atoms with van der Waals surface area (Å²) < 4.78 is 16.2. The van der Waals surface area contributed by atoms with Crippen LogP contribution < -0.4 is 0 Å². The van der Waals surface area contributed by atoms with Gasteiger partial charge in [0.15, 0.2) is 0 Å². The van der Waals surface area contributed by atoms with Crippen LogP contribution in [0.25, 0.3) is 10.9 Å². The smallest absolute Gasteiger partial charge is 0.223 e. The molecule has 2 aliphatic heterocycles. The number of halogens is 1. The molecule has 1 aromatic carbocycles. The van der Waals surface area contributed by atoms with Gasteiger partial charge >= 0.3 is 0 Å². The molecule has 2 aliphatic carbocycles. The van der Waals surface area contributed by atoms with Crippen LogP contribution in [0.5, 0.6) is 0 Å². The molecule has 4 aliphatic rings. The number of hydrogen-bond donors (Lipinski definition) is 1. The molecule has 2 aromatic rings. The van der Waals surface area contributed by atoms with E-state index in [2.05, 4.69) is 0 Å². The Morgan fingerprint density at radius 2 is 2.20 bits per heavy atom. The number of benzene rings is 1. The van der Waals surface area contributed by atoms with E-state index in [4.69, 9.17) is 0 Å². The summed E-state index contributed by atoms with van der Waals surface area (Å²) in [4.78, 5) is 14.9. The number of amides is 1. The lowest BCUT2D eigenvalue weighted by molar-refractivity contribution is -0.138. The summed E-state index contributed by atoms with van der Waals surface area (Å²) in [5.41, 5.74) is 1.24. The van der Waals surface area contributed by atoms with E-state index >= 15 is 0 Å². The highest BCUT2D eigenvalue weighted by Crippen LogP contribution is 2.55. The third-order valence-electron chi connectivity index (χ3n) is 6.65. The highest BCUT2D eigenvalue weighted by molar-refractivity contribution is 5.85. The predicted octanol–water partition coefficient (Wildman–Crippen LogP) is 2.76. The Labute approximate surface area is 146 Å². The minimum atomic E-state index is -0.520. The lowest BCUT2D eigenvalue weighted by Gasteiger charge is -2.40. The summed E-state index contributed by atoms with van der Waals surface area (Å²) >= 11 is 0. The third kappa shape index (κ3) is 2.18. The van der Waals surface area contributed by atoms with Crippen LogP contribution in [0.15, 0.2) is 24.4 Å². The molecule has 1 aromatic heterocycles. The molecule has 1 amide bonds. The van der Waals surface area contributed by atoms with Gasteiger partial charge in [-0.25, -0.2) is 4.39 Å². The van der Waals surface area contributed by atoms with E-state index in [0.717, 1.165) is 36.8 Å². The van der Waals surface area contributed by atoms with Gasteiger partial charge in [-0.3, -0.25) is 4.79 Å². The second-order valence-corrected chi connectivity index (χ2v) is 8.25. The molecule has 25 heavy (non-hydrogen) atoms. The normalized spacial score (nSPS) is 32.9. The van der Waals surface area contributed by atoms with Crippen molar-refractivity contribution in [1.29, 1.82) is 0 Å². The minimum Gasteiger partial charge on any atom is -0.390 e. The number of rotatable bonds is 3. The van der Waals surface area contributed by atoms with Gasteiger partial charge in [0.25, 0.3) is 0 Å². The maximum absolute atomic E-state index is 14.2. The van der Waals surface area contributed by atoms with Gasteiger partial charge in [0.05, 0.1) is 11.1 Å². The van der Waals surface area contributed by atoms with Gasteiger partial charge in [-0.2, -0.15) is 0 Å². The number of aromatic nitrogens is 1. The largest absolute Gasteiger partial charge is 0.390 e. The van der Waals surface area contributed by atoms with Gasteiger partial charge in [0, 0.05) is 37.1 Å². The van der Waals surface area contributed by atoms with Crippen molar-refractivity contribution in [1.82, 2.24) is 9.47 Å². The van der Waals surface area contributed by atoms with Gasteiger partial charge < -0.3 is 14.6 Å². The fourth-order valence-corrected chi connectivity index (χ4v) is 5.79. The van der Waals surface area contributed by atoms with Crippen molar-refractivity contribution in [3.63, 3.8) is 0 Å². The maximum atomic E-state index is 14.2. The van der Waals surface area contributed by atoms with Crippen molar-refractivity contribution in [3.05, 3.63) is 35.8 Å². The topological polar surface area (TPSA) is 45.5 Å². The van der Waals surface area contributed by atoms with E-state index in [1.54, 1.807) is 6.07 Å². The number of carbonyl (C=O) groups is 1. The highest BCUT2D eigenvalue weighted by atomic mass is 19.1. The summed E-state index contributed by atoms with van der Waals surface area (Å²) in [6.07, 6.45) is 6.27. The van der Waals surface area contributed by atoms with Crippen LogP contribution in [0.3, 0.4) is 0 Å². The first kappa shape index (κ1) is 15.4.